The van der Waals surface area contributed by atoms with Gasteiger partial charge in [-0.3, -0.25) is 4.68 Å². The zero-order valence-electron chi connectivity index (χ0n) is 7.07. The molecule has 1 unspecified atom stereocenters. The molecule has 0 aliphatic heterocycles. The van der Waals surface area contributed by atoms with Crippen LogP contribution < -0.4 is 0 Å². The van der Waals surface area contributed by atoms with E-state index in [1.54, 1.807) is 16.9 Å². The number of nitrogens with zero attached hydrogens (tertiary/aromatic N) is 2. The van der Waals surface area contributed by atoms with Crippen LogP contribution in [-0.2, 0) is 6.54 Å². The molecular formula is C9H12N2O. The van der Waals surface area contributed by atoms with Crippen molar-refractivity contribution < 1.29 is 5.11 Å². The second-order valence-corrected chi connectivity index (χ2v) is 2.50. The summed E-state index contributed by atoms with van der Waals surface area (Å²) < 4.78 is 1.74. The van der Waals surface area contributed by atoms with E-state index >= 15 is 0 Å². The molecule has 0 saturated heterocycles. The van der Waals surface area contributed by atoms with Crippen LogP contribution in [0.3, 0.4) is 0 Å². The minimum Gasteiger partial charge on any atom is -0.386 e. The minimum absolute atomic E-state index is 0.339. The highest BCUT2D eigenvalue weighted by atomic mass is 16.3. The molecule has 1 rings (SSSR count). The maximum Gasteiger partial charge on any atom is 0.106 e. The Morgan fingerprint density at radius 1 is 1.83 bits per heavy atom. The van der Waals surface area contributed by atoms with Crippen molar-refractivity contribution in [3.63, 3.8) is 0 Å². The van der Waals surface area contributed by atoms with Gasteiger partial charge in [0.15, 0.2) is 0 Å². The quantitative estimate of drug-likeness (QED) is 0.676. The lowest BCUT2D eigenvalue weighted by molar-refractivity contribution is 0.172. The van der Waals surface area contributed by atoms with E-state index in [-0.39, 0.29) is 0 Å². The molecule has 3 nitrogen and oxygen atoms in total. The topological polar surface area (TPSA) is 38.1 Å². The molecule has 3 heteroatoms. The first-order valence-corrected chi connectivity index (χ1v) is 3.92. The Hall–Kier alpha value is -1.27. The molecule has 0 aliphatic carbocycles. The molecule has 0 bridgehead atoms. The maximum absolute atomic E-state index is 9.52. The van der Waals surface area contributed by atoms with E-state index in [1.165, 1.54) is 0 Å². The van der Waals surface area contributed by atoms with E-state index in [9.17, 15) is 5.11 Å². The first-order valence-electron chi connectivity index (χ1n) is 3.92. The van der Waals surface area contributed by atoms with Gasteiger partial charge in [0.05, 0.1) is 5.69 Å². The molecule has 0 aromatic carbocycles. The van der Waals surface area contributed by atoms with Crippen molar-refractivity contribution in [2.45, 2.75) is 26.0 Å². The number of hydrogen-bond acceptors (Lipinski definition) is 2. The number of rotatable bonds is 3. The van der Waals surface area contributed by atoms with E-state index in [0.29, 0.717) is 6.42 Å². The Morgan fingerprint density at radius 2 is 2.58 bits per heavy atom. The second kappa shape index (κ2) is 3.93. The van der Waals surface area contributed by atoms with Crippen molar-refractivity contribution in [1.29, 1.82) is 0 Å². The number of aromatic nitrogens is 2. The molecule has 1 N–H and O–H groups in total. The predicted octanol–water partition coefficient (Wildman–Crippen LogP) is 0.960. The lowest BCUT2D eigenvalue weighted by Gasteiger charge is -2.08. The monoisotopic (exact) mass is 164 g/mol. The van der Waals surface area contributed by atoms with Crippen molar-refractivity contribution in [2.24, 2.45) is 0 Å². The molecule has 0 amide bonds. The first-order chi connectivity index (χ1) is 5.79. The number of aliphatic hydroxyl groups is 1. The fourth-order valence-corrected chi connectivity index (χ4v) is 1.11. The van der Waals surface area contributed by atoms with Gasteiger partial charge < -0.3 is 5.11 Å². The van der Waals surface area contributed by atoms with Crippen molar-refractivity contribution in [3.05, 3.63) is 18.0 Å². The molecule has 0 aliphatic rings. The van der Waals surface area contributed by atoms with E-state index < -0.39 is 6.10 Å². The third-order valence-corrected chi connectivity index (χ3v) is 1.70. The second-order valence-electron chi connectivity index (χ2n) is 2.50. The summed E-state index contributed by atoms with van der Waals surface area (Å²) in [6, 6.07) is 1.78. The van der Waals surface area contributed by atoms with Gasteiger partial charge in [-0.25, -0.2) is 0 Å². The van der Waals surface area contributed by atoms with Crippen LogP contribution in [0, 0.1) is 12.3 Å². The predicted molar refractivity (Wildman–Crippen MR) is 46.3 cm³/mol. The molecule has 1 heterocycles. The summed E-state index contributed by atoms with van der Waals surface area (Å²) >= 11 is 0. The minimum atomic E-state index is -0.586. The Bertz CT molecular complexity index is 285. The molecule has 0 radical (unpaired) electrons. The number of terminal acetylenes is 1. The molecule has 1 atom stereocenters. The van der Waals surface area contributed by atoms with Crippen molar-refractivity contribution in [3.8, 4) is 12.3 Å². The van der Waals surface area contributed by atoms with Crippen LogP contribution in [0.1, 0.15) is 25.1 Å². The van der Waals surface area contributed by atoms with Crippen LogP contribution in [0.5, 0.6) is 0 Å². The maximum atomic E-state index is 9.52. The lowest BCUT2D eigenvalue weighted by Crippen LogP contribution is -2.07. The summed E-state index contributed by atoms with van der Waals surface area (Å²) in [4.78, 5) is 0. The Balaban J connectivity index is 2.80. The number of aliphatic hydroxyl groups excluding tert-OH is 1. The van der Waals surface area contributed by atoms with Gasteiger partial charge in [-0.2, -0.15) is 5.10 Å². The zero-order chi connectivity index (χ0) is 8.97. The normalized spacial score (nSPS) is 12.4. The molecular weight excluding hydrogens is 152 g/mol. The molecule has 1 aromatic rings. The first kappa shape index (κ1) is 8.82. The van der Waals surface area contributed by atoms with Crippen molar-refractivity contribution in [2.75, 3.05) is 0 Å². The average Bonchev–Trinajstić information content (AvgIpc) is 2.51. The van der Waals surface area contributed by atoms with E-state index in [0.717, 1.165) is 12.2 Å². The highest BCUT2D eigenvalue weighted by molar-refractivity contribution is 5.07. The molecule has 64 valence electrons. The van der Waals surface area contributed by atoms with Gasteiger partial charge in [-0.05, 0) is 13.0 Å². The summed E-state index contributed by atoms with van der Waals surface area (Å²) in [5.74, 6) is 2.42. The van der Waals surface area contributed by atoms with Crippen LogP contribution in [0.25, 0.3) is 0 Å². The van der Waals surface area contributed by atoms with Crippen LogP contribution in [0.2, 0.25) is 0 Å². The van der Waals surface area contributed by atoms with E-state index in [4.69, 9.17) is 6.42 Å². The van der Waals surface area contributed by atoms with Gasteiger partial charge in [-0.15, -0.1) is 12.3 Å². The van der Waals surface area contributed by atoms with Gasteiger partial charge >= 0.3 is 0 Å². The summed E-state index contributed by atoms with van der Waals surface area (Å²) in [6.45, 7) is 2.73. The lowest BCUT2D eigenvalue weighted by atomic mass is 10.2. The third-order valence-electron chi connectivity index (χ3n) is 1.70. The highest BCUT2D eigenvalue weighted by Gasteiger charge is 2.09. The number of hydrogen-bond donors (Lipinski definition) is 1. The molecule has 12 heavy (non-hydrogen) atoms. The fraction of sp³-hybridized carbons (Fsp3) is 0.444. The summed E-state index contributed by atoms with van der Waals surface area (Å²) in [5, 5.41) is 13.5. The van der Waals surface area contributed by atoms with Crippen LogP contribution in [0.15, 0.2) is 12.3 Å². The highest BCUT2D eigenvalue weighted by Crippen LogP contribution is 2.14. The summed E-state index contributed by atoms with van der Waals surface area (Å²) in [5.41, 5.74) is 0.787. The van der Waals surface area contributed by atoms with Crippen LogP contribution in [0.4, 0.5) is 0 Å². The van der Waals surface area contributed by atoms with Gasteiger partial charge in [-0.1, -0.05) is 0 Å². The van der Waals surface area contributed by atoms with Gasteiger partial charge in [0.2, 0.25) is 0 Å². The Labute approximate surface area is 72.0 Å². The van der Waals surface area contributed by atoms with Crippen LogP contribution >= 0.6 is 0 Å². The average molecular weight is 164 g/mol. The van der Waals surface area contributed by atoms with E-state index in [2.05, 4.69) is 11.0 Å². The van der Waals surface area contributed by atoms with Crippen molar-refractivity contribution in [1.82, 2.24) is 9.78 Å². The van der Waals surface area contributed by atoms with E-state index in [1.807, 2.05) is 6.92 Å². The fourth-order valence-electron chi connectivity index (χ4n) is 1.11. The summed E-state index contributed by atoms with van der Waals surface area (Å²) in [6.07, 6.45) is 6.51. The molecule has 0 fully saturated rings. The standard InChI is InChI=1S/C9H12N2O/c1-3-5-9(12)8-6-7-10-11(8)4-2/h1,6-7,9,12H,4-5H2,2H3. The Kier molecular flexibility index (Phi) is 2.89. The van der Waals surface area contributed by atoms with Gasteiger partial charge in [0, 0.05) is 19.2 Å². The summed E-state index contributed by atoms with van der Waals surface area (Å²) in [7, 11) is 0. The smallest absolute Gasteiger partial charge is 0.106 e. The largest absolute Gasteiger partial charge is 0.386 e. The number of aryl methyl sites for hydroxylation is 1. The van der Waals surface area contributed by atoms with Crippen LogP contribution in [-0.4, -0.2) is 14.9 Å². The molecule has 1 aromatic heterocycles. The molecule has 0 spiro atoms. The zero-order valence-corrected chi connectivity index (χ0v) is 7.07. The Morgan fingerprint density at radius 3 is 3.17 bits per heavy atom. The van der Waals surface area contributed by atoms with Gasteiger partial charge in [0.1, 0.15) is 6.10 Å². The van der Waals surface area contributed by atoms with Gasteiger partial charge in [0.25, 0.3) is 0 Å². The molecule has 0 saturated carbocycles. The SMILES string of the molecule is C#CCC(O)c1ccnn1CC. The van der Waals surface area contributed by atoms with Crippen molar-refractivity contribution >= 4 is 0 Å². The third kappa shape index (κ3) is 1.66.